The van der Waals surface area contributed by atoms with Crippen molar-refractivity contribution in [1.29, 1.82) is 0 Å². The van der Waals surface area contributed by atoms with Crippen molar-refractivity contribution in [3.8, 4) is 11.5 Å². The number of hydrogen-bond donors (Lipinski definition) is 1. The van der Waals surface area contributed by atoms with E-state index in [0.29, 0.717) is 18.5 Å². The Labute approximate surface area is 101 Å². The maximum Gasteiger partial charge on any atom is 0.162 e. The van der Waals surface area contributed by atoms with E-state index in [0.717, 1.165) is 18.0 Å². The minimum atomic E-state index is 0.549. The van der Waals surface area contributed by atoms with Gasteiger partial charge in [0, 0.05) is 16.7 Å². The van der Waals surface area contributed by atoms with E-state index in [9.17, 15) is 0 Å². The van der Waals surface area contributed by atoms with Crippen molar-refractivity contribution < 1.29 is 9.47 Å². The molecule has 0 aliphatic carbocycles. The highest BCUT2D eigenvalue weighted by atomic mass is 32.2. The first-order valence-electron chi connectivity index (χ1n) is 5.50. The van der Waals surface area contributed by atoms with Gasteiger partial charge < -0.3 is 14.8 Å². The van der Waals surface area contributed by atoms with Gasteiger partial charge in [-0.3, -0.25) is 0 Å². The third-order valence-electron chi connectivity index (χ3n) is 2.34. The Hall–Kier alpha value is -0.870. The van der Waals surface area contributed by atoms with Crippen LogP contribution in [-0.2, 0) is 0 Å². The first-order valence-corrected chi connectivity index (χ1v) is 6.38. The molecule has 2 rings (SSSR count). The first-order chi connectivity index (χ1) is 7.79. The lowest BCUT2D eigenvalue weighted by molar-refractivity contribution is 0.171. The minimum absolute atomic E-state index is 0.549. The Kier molecular flexibility index (Phi) is 3.96. The number of thioether (sulfide) groups is 1. The van der Waals surface area contributed by atoms with E-state index in [-0.39, 0.29) is 0 Å². The number of hydrogen-bond acceptors (Lipinski definition) is 4. The molecule has 1 aromatic carbocycles. The predicted octanol–water partition coefficient (Wildman–Crippen LogP) is 2.16. The fourth-order valence-corrected chi connectivity index (χ4v) is 2.69. The second kappa shape index (κ2) is 5.46. The summed E-state index contributed by atoms with van der Waals surface area (Å²) in [5, 5.41) is 3.72. The van der Waals surface area contributed by atoms with E-state index in [1.54, 1.807) is 0 Å². The second-order valence-electron chi connectivity index (χ2n) is 3.79. The molecular weight excluding hydrogens is 222 g/mol. The molecule has 1 atom stereocenters. The van der Waals surface area contributed by atoms with E-state index in [1.165, 1.54) is 4.90 Å². The van der Waals surface area contributed by atoms with Crippen LogP contribution in [0.1, 0.15) is 6.92 Å². The van der Waals surface area contributed by atoms with Gasteiger partial charge in [-0.1, -0.05) is 6.92 Å². The van der Waals surface area contributed by atoms with Gasteiger partial charge in [-0.05, 0) is 25.2 Å². The van der Waals surface area contributed by atoms with Crippen LogP contribution in [0.2, 0.25) is 0 Å². The number of benzene rings is 1. The van der Waals surface area contributed by atoms with Crippen LogP contribution in [0, 0.1) is 0 Å². The smallest absolute Gasteiger partial charge is 0.162 e. The lowest BCUT2D eigenvalue weighted by Gasteiger charge is -2.19. The zero-order chi connectivity index (χ0) is 11.4. The van der Waals surface area contributed by atoms with Crippen LogP contribution in [0.15, 0.2) is 23.1 Å². The molecule has 3 nitrogen and oxygen atoms in total. The predicted molar refractivity (Wildman–Crippen MR) is 66.7 cm³/mol. The Bertz CT molecular complexity index is 357. The average Bonchev–Trinajstić information content (AvgIpc) is 2.29. The normalized spacial score (nSPS) is 15.9. The van der Waals surface area contributed by atoms with Crippen molar-refractivity contribution in [3.05, 3.63) is 18.2 Å². The van der Waals surface area contributed by atoms with Gasteiger partial charge >= 0.3 is 0 Å². The maximum absolute atomic E-state index is 5.55. The summed E-state index contributed by atoms with van der Waals surface area (Å²) in [5.74, 6) is 1.73. The number of fused-ring (bicyclic) bond motifs is 1. The summed E-state index contributed by atoms with van der Waals surface area (Å²) in [6.07, 6.45) is 0. The van der Waals surface area contributed by atoms with Crippen LogP contribution in [0.25, 0.3) is 0 Å². The molecule has 1 aliphatic rings. The fraction of sp³-hybridized carbons (Fsp3) is 0.500. The molecule has 0 saturated heterocycles. The lowest BCUT2D eigenvalue weighted by Crippen LogP contribution is -2.18. The third kappa shape index (κ3) is 2.83. The monoisotopic (exact) mass is 239 g/mol. The highest BCUT2D eigenvalue weighted by Crippen LogP contribution is 2.35. The molecule has 1 unspecified atom stereocenters. The van der Waals surface area contributed by atoms with Crippen molar-refractivity contribution >= 4 is 11.8 Å². The van der Waals surface area contributed by atoms with Crippen LogP contribution in [0.5, 0.6) is 11.5 Å². The van der Waals surface area contributed by atoms with Gasteiger partial charge in [0.05, 0.1) is 0 Å². The Morgan fingerprint density at radius 3 is 2.81 bits per heavy atom. The topological polar surface area (TPSA) is 30.5 Å². The molecule has 0 radical (unpaired) electrons. The molecule has 4 heteroatoms. The molecule has 0 bridgehead atoms. The fourth-order valence-electron chi connectivity index (χ4n) is 1.66. The highest BCUT2D eigenvalue weighted by molar-refractivity contribution is 8.00. The summed E-state index contributed by atoms with van der Waals surface area (Å²) < 4.78 is 11.0. The van der Waals surface area contributed by atoms with Gasteiger partial charge in [0.1, 0.15) is 13.2 Å². The number of ether oxygens (including phenoxy) is 2. The first kappa shape index (κ1) is 11.6. The maximum atomic E-state index is 5.55. The molecule has 1 N–H and O–H groups in total. The summed E-state index contributed by atoms with van der Waals surface area (Å²) in [7, 11) is 1.97. The van der Waals surface area contributed by atoms with Crippen LogP contribution in [-0.4, -0.2) is 32.1 Å². The van der Waals surface area contributed by atoms with Gasteiger partial charge in [-0.15, -0.1) is 11.8 Å². The Balaban J connectivity index is 2.05. The Morgan fingerprint density at radius 2 is 2.06 bits per heavy atom. The van der Waals surface area contributed by atoms with Gasteiger partial charge in [-0.25, -0.2) is 0 Å². The van der Waals surface area contributed by atoms with Gasteiger partial charge in [-0.2, -0.15) is 0 Å². The number of rotatable bonds is 4. The molecule has 0 spiro atoms. The lowest BCUT2D eigenvalue weighted by atomic mass is 10.3. The second-order valence-corrected chi connectivity index (χ2v) is 5.30. The summed E-state index contributed by atoms with van der Waals surface area (Å²) in [6, 6.07) is 6.14. The van der Waals surface area contributed by atoms with Crippen molar-refractivity contribution in [1.82, 2.24) is 5.32 Å². The van der Waals surface area contributed by atoms with Crippen LogP contribution in [0.3, 0.4) is 0 Å². The molecule has 16 heavy (non-hydrogen) atoms. The molecule has 1 aliphatic heterocycles. The quantitative estimate of drug-likeness (QED) is 0.816. The minimum Gasteiger partial charge on any atom is -0.486 e. The summed E-state index contributed by atoms with van der Waals surface area (Å²) in [4.78, 5) is 1.23. The van der Waals surface area contributed by atoms with E-state index in [2.05, 4.69) is 24.4 Å². The van der Waals surface area contributed by atoms with Crippen LogP contribution in [0.4, 0.5) is 0 Å². The van der Waals surface area contributed by atoms with E-state index in [1.807, 2.05) is 24.9 Å². The van der Waals surface area contributed by atoms with Crippen LogP contribution < -0.4 is 14.8 Å². The number of nitrogens with one attached hydrogen (secondary N) is 1. The molecule has 0 fully saturated rings. The largest absolute Gasteiger partial charge is 0.486 e. The highest BCUT2D eigenvalue weighted by Gasteiger charge is 2.12. The SMILES string of the molecule is CNCC(C)Sc1ccc2c(c1)OCCO2. The van der Waals surface area contributed by atoms with Crippen molar-refractivity contribution in [2.45, 2.75) is 17.1 Å². The molecule has 88 valence electrons. The molecule has 1 heterocycles. The summed E-state index contributed by atoms with van der Waals surface area (Å²) in [5.41, 5.74) is 0. The average molecular weight is 239 g/mol. The molecule has 0 aromatic heterocycles. The van der Waals surface area contributed by atoms with E-state index < -0.39 is 0 Å². The van der Waals surface area contributed by atoms with E-state index >= 15 is 0 Å². The van der Waals surface area contributed by atoms with Gasteiger partial charge in [0.2, 0.25) is 0 Å². The van der Waals surface area contributed by atoms with Crippen molar-refractivity contribution in [2.75, 3.05) is 26.8 Å². The van der Waals surface area contributed by atoms with Crippen molar-refractivity contribution in [2.24, 2.45) is 0 Å². The summed E-state index contributed by atoms with van der Waals surface area (Å²) >= 11 is 1.84. The van der Waals surface area contributed by atoms with Crippen LogP contribution >= 0.6 is 11.8 Å². The summed E-state index contributed by atoms with van der Waals surface area (Å²) in [6.45, 7) is 4.50. The molecule has 1 aromatic rings. The van der Waals surface area contributed by atoms with E-state index in [4.69, 9.17) is 9.47 Å². The third-order valence-corrected chi connectivity index (χ3v) is 3.44. The molecular formula is C12H17NO2S. The standard InChI is InChI=1S/C12H17NO2S/c1-9(8-13-2)16-10-3-4-11-12(7-10)15-6-5-14-11/h3-4,7,9,13H,5-6,8H2,1-2H3. The zero-order valence-corrected chi connectivity index (χ0v) is 10.5. The van der Waals surface area contributed by atoms with Gasteiger partial charge in [0.15, 0.2) is 11.5 Å². The van der Waals surface area contributed by atoms with Gasteiger partial charge in [0.25, 0.3) is 0 Å². The molecule has 0 saturated carbocycles. The molecule has 0 amide bonds. The zero-order valence-electron chi connectivity index (χ0n) is 9.66. The Morgan fingerprint density at radius 1 is 1.31 bits per heavy atom. The van der Waals surface area contributed by atoms with Crippen molar-refractivity contribution in [3.63, 3.8) is 0 Å².